The Balaban J connectivity index is 0.00000288. The third kappa shape index (κ3) is 6.67. The first kappa shape index (κ1) is 22.0. The number of guanidine groups is 1. The summed E-state index contributed by atoms with van der Waals surface area (Å²) in [6, 6.07) is 1.86. The van der Waals surface area contributed by atoms with Crippen LogP contribution in [0.5, 0.6) is 0 Å². The summed E-state index contributed by atoms with van der Waals surface area (Å²) in [5, 5.41) is 7.19. The second kappa shape index (κ2) is 11.5. The van der Waals surface area contributed by atoms with Crippen molar-refractivity contribution in [2.75, 3.05) is 39.8 Å². The highest BCUT2D eigenvalue weighted by Gasteiger charge is 2.23. The Morgan fingerprint density at radius 1 is 1.08 bits per heavy atom. The zero-order valence-corrected chi connectivity index (χ0v) is 18.4. The lowest BCUT2D eigenvalue weighted by Crippen LogP contribution is -2.52. The van der Waals surface area contributed by atoms with Gasteiger partial charge in [-0.3, -0.25) is 9.89 Å². The Kier molecular flexibility index (Phi) is 10.5. The van der Waals surface area contributed by atoms with Gasteiger partial charge >= 0.3 is 0 Å². The SMILES string of the molecule is CCC(CNC(=NC)NC1CCN(C(C)C)CC1)N1CCCC1.I. The van der Waals surface area contributed by atoms with Gasteiger partial charge in [-0.15, -0.1) is 24.0 Å². The molecule has 0 saturated carbocycles. The van der Waals surface area contributed by atoms with Crippen LogP contribution >= 0.6 is 24.0 Å². The summed E-state index contributed by atoms with van der Waals surface area (Å²) in [6.45, 7) is 12.8. The Bertz CT molecular complexity index is 360. The molecular weight excluding hydrogens is 413 g/mol. The predicted octanol–water partition coefficient (Wildman–Crippen LogP) is 2.52. The number of nitrogens with zero attached hydrogens (tertiary/aromatic N) is 3. The normalized spacial score (nSPS) is 22.5. The summed E-state index contributed by atoms with van der Waals surface area (Å²) >= 11 is 0. The van der Waals surface area contributed by atoms with Gasteiger partial charge in [-0.05, 0) is 59.0 Å². The first-order valence-corrected chi connectivity index (χ1v) is 9.59. The summed E-state index contributed by atoms with van der Waals surface area (Å²) in [5.41, 5.74) is 0. The van der Waals surface area contributed by atoms with E-state index in [1.165, 1.54) is 58.3 Å². The van der Waals surface area contributed by atoms with Crippen molar-refractivity contribution in [3.63, 3.8) is 0 Å². The summed E-state index contributed by atoms with van der Waals surface area (Å²) in [5.74, 6) is 0.977. The van der Waals surface area contributed by atoms with E-state index in [0.29, 0.717) is 18.1 Å². The highest BCUT2D eigenvalue weighted by molar-refractivity contribution is 14.0. The molecule has 2 aliphatic heterocycles. The van der Waals surface area contributed by atoms with Crippen molar-refractivity contribution in [2.45, 2.75) is 71.0 Å². The number of likely N-dealkylation sites (tertiary alicyclic amines) is 2. The lowest BCUT2D eigenvalue weighted by Gasteiger charge is -2.35. The van der Waals surface area contributed by atoms with E-state index in [1.54, 1.807) is 0 Å². The van der Waals surface area contributed by atoms with E-state index in [4.69, 9.17) is 0 Å². The molecule has 2 aliphatic rings. The molecule has 0 aromatic heterocycles. The number of hydrogen-bond donors (Lipinski definition) is 2. The van der Waals surface area contributed by atoms with Crippen LogP contribution < -0.4 is 10.6 Å². The molecule has 2 N–H and O–H groups in total. The fourth-order valence-corrected chi connectivity index (χ4v) is 3.80. The molecular formula is C18H38IN5. The van der Waals surface area contributed by atoms with Gasteiger partial charge in [-0.2, -0.15) is 0 Å². The van der Waals surface area contributed by atoms with Crippen LogP contribution in [0.15, 0.2) is 4.99 Å². The third-order valence-electron chi connectivity index (χ3n) is 5.46. The van der Waals surface area contributed by atoms with E-state index < -0.39 is 0 Å². The summed E-state index contributed by atoms with van der Waals surface area (Å²) in [7, 11) is 1.88. The molecule has 2 rings (SSSR count). The van der Waals surface area contributed by atoms with Crippen molar-refractivity contribution in [1.82, 2.24) is 20.4 Å². The Morgan fingerprint density at radius 3 is 2.21 bits per heavy atom. The minimum atomic E-state index is 0. The average molecular weight is 451 g/mol. The Morgan fingerprint density at radius 2 is 1.71 bits per heavy atom. The molecule has 2 saturated heterocycles. The molecule has 142 valence electrons. The Labute approximate surface area is 166 Å². The maximum absolute atomic E-state index is 4.43. The van der Waals surface area contributed by atoms with Crippen molar-refractivity contribution in [3.05, 3.63) is 0 Å². The first-order chi connectivity index (χ1) is 11.1. The summed E-state index contributed by atoms with van der Waals surface area (Å²) in [6.07, 6.45) is 6.34. The predicted molar refractivity (Wildman–Crippen MR) is 115 cm³/mol. The third-order valence-corrected chi connectivity index (χ3v) is 5.46. The molecule has 0 spiro atoms. The van der Waals surface area contributed by atoms with Crippen LogP contribution in [0.2, 0.25) is 0 Å². The lowest BCUT2D eigenvalue weighted by atomic mass is 10.0. The van der Waals surface area contributed by atoms with Crippen LogP contribution in [0.3, 0.4) is 0 Å². The van der Waals surface area contributed by atoms with Crippen LogP contribution in [0.4, 0.5) is 0 Å². The summed E-state index contributed by atoms with van der Waals surface area (Å²) < 4.78 is 0. The van der Waals surface area contributed by atoms with Gasteiger partial charge in [0.1, 0.15) is 0 Å². The second-order valence-corrected chi connectivity index (χ2v) is 7.31. The standard InChI is InChI=1S/C18H37N5.HI/c1-5-17(23-10-6-7-11-23)14-20-18(19-4)21-16-8-12-22(13-9-16)15(2)3;/h15-17H,5-14H2,1-4H3,(H2,19,20,21);1H. The molecule has 5 nitrogen and oxygen atoms in total. The maximum atomic E-state index is 4.43. The van der Waals surface area contributed by atoms with Gasteiger partial charge in [0.2, 0.25) is 0 Å². The highest BCUT2D eigenvalue weighted by atomic mass is 127. The van der Waals surface area contributed by atoms with Crippen molar-refractivity contribution < 1.29 is 0 Å². The zero-order valence-electron chi connectivity index (χ0n) is 16.1. The van der Waals surface area contributed by atoms with Crippen molar-refractivity contribution in [1.29, 1.82) is 0 Å². The minimum Gasteiger partial charge on any atom is -0.355 e. The quantitative estimate of drug-likeness (QED) is 0.370. The smallest absolute Gasteiger partial charge is 0.191 e. The van der Waals surface area contributed by atoms with Gasteiger partial charge in [0.05, 0.1) is 0 Å². The largest absolute Gasteiger partial charge is 0.355 e. The van der Waals surface area contributed by atoms with Crippen LogP contribution in [0.25, 0.3) is 0 Å². The average Bonchev–Trinajstić information content (AvgIpc) is 3.09. The van der Waals surface area contributed by atoms with Gasteiger partial charge in [-0.1, -0.05) is 6.92 Å². The van der Waals surface area contributed by atoms with Crippen molar-refractivity contribution >= 4 is 29.9 Å². The summed E-state index contributed by atoms with van der Waals surface area (Å²) in [4.78, 5) is 9.62. The van der Waals surface area contributed by atoms with E-state index in [9.17, 15) is 0 Å². The molecule has 0 bridgehead atoms. The van der Waals surface area contributed by atoms with E-state index in [1.807, 2.05) is 7.05 Å². The van der Waals surface area contributed by atoms with E-state index in [2.05, 4.69) is 46.2 Å². The molecule has 2 heterocycles. The Hall–Kier alpha value is -0.0800. The fraction of sp³-hybridized carbons (Fsp3) is 0.944. The van der Waals surface area contributed by atoms with E-state index >= 15 is 0 Å². The van der Waals surface area contributed by atoms with Crippen LogP contribution in [0.1, 0.15) is 52.9 Å². The number of nitrogens with one attached hydrogen (secondary N) is 2. The van der Waals surface area contributed by atoms with Crippen molar-refractivity contribution in [2.24, 2.45) is 4.99 Å². The number of aliphatic imine (C=N–C) groups is 1. The second-order valence-electron chi connectivity index (χ2n) is 7.31. The monoisotopic (exact) mass is 451 g/mol. The first-order valence-electron chi connectivity index (χ1n) is 9.59. The van der Waals surface area contributed by atoms with Crippen LogP contribution in [-0.2, 0) is 0 Å². The number of hydrogen-bond acceptors (Lipinski definition) is 3. The molecule has 0 radical (unpaired) electrons. The van der Waals surface area contributed by atoms with Crippen LogP contribution in [0, 0.1) is 0 Å². The zero-order chi connectivity index (χ0) is 16.7. The topological polar surface area (TPSA) is 42.9 Å². The van der Waals surface area contributed by atoms with Crippen LogP contribution in [-0.4, -0.2) is 73.7 Å². The van der Waals surface area contributed by atoms with Gasteiger partial charge in [0.25, 0.3) is 0 Å². The molecule has 6 heteroatoms. The lowest BCUT2D eigenvalue weighted by molar-refractivity contribution is 0.167. The highest BCUT2D eigenvalue weighted by Crippen LogP contribution is 2.14. The maximum Gasteiger partial charge on any atom is 0.191 e. The number of halogens is 1. The number of rotatable bonds is 6. The molecule has 0 amide bonds. The van der Waals surface area contributed by atoms with Crippen molar-refractivity contribution in [3.8, 4) is 0 Å². The van der Waals surface area contributed by atoms with E-state index in [-0.39, 0.29) is 24.0 Å². The molecule has 0 aromatic carbocycles. The molecule has 2 fully saturated rings. The molecule has 24 heavy (non-hydrogen) atoms. The molecule has 0 aliphatic carbocycles. The van der Waals surface area contributed by atoms with Gasteiger partial charge in [0.15, 0.2) is 5.96 Å². The minimum absolute atomic E-state index is 0. The number of piperidine rings is 1. The van der Waals surface area contributed by atoms with Gasteiger partial charge < -0.3 is 15.5 Å². The van der Waals surface area contributed by atoms with Gasteiger partial charge in [-0.25, -0.2) is 0 Å². The molecule has 0 aromatic rings. The molecule has 1 atom stereocenters. The fourth-order valence-electron chi connectivity index (χ4n) is 3.80. The van der Waals surface area contributed by atoms with Gasteiger partial charge in [0, 0.05) is 44.8 Å². The van der Waals surface area contributed by atoms with E-state index in [0.717, 1.165) is 12.5 Å². The molecule has 1 unspecified atom stereocenters.